The number of hydrogen-bond donors (Lipinski definition) is 1. The van der Waals surface area contributed by atoms with E-state index < -0.39 is 0 Å². The fourth-order valence-corrected chi connectivity index (χ4v) is 1.94. The summed E-state index contributed by atoms with van der Waals surface area (Å²) in [5, 5.41) is 12.8. The van der Waals surface area contributed by atoms with E-state index in [0.717, 1.165) is 0 Å². The Morgan fingerprint density at radius 1 is 1.20 bits per heavy atom. The van der Waals surface area contributed by atoms with Gasteiger partial charge in [0.25, 0.3) is 0 Å². The van der Waals surface area contributed by atoms with E-state index in [1.54, 1.807) is 24.3 Å². The van der Waals surface area contributed by atoms with Crippen LogP contribution < -0.4 is 5.32 Å². The first-order valence-corrected chi connectivity index (χ1v) is 6.76. The lowest BCUT2D eigenvalue weighted by atomic mass is 10.2. The van der Waals surface area contributed by atoms with Crippen LogP contribution in [0.5, 0.6) is 0 Å². The molecular formula is C14H12Cl2N4. The van der Waals surface area contributed by atoms with Crippen LogP contribution in [0.25, 0.3) is 0 Å². The molecule has 4 nitrogen and oxygen atoms in total. The molecule has 1 heterocycles. The molecule has 0 amide bonds. The van der Waals surface area contributed by atoms with Crippen LogP contribution in [0.1, 0.15) is 31.2 Å². The Bertz CT molecular complexity index is 677. The highest BCUT2D eigenvalue weighted by atomic mass is 35.5. The highest BCUT2D eigenvalue weighted by molar-refractivity contribution is 6.33. The van der Waals surface area contributed by atoms with Gasteiger partial charge in [-0.3, -0.25) is 0 Å². The van der Waals surface area contributed by atoms with Gasteiger partial charge in [-0.2, -0.15) is 5.26 Å². The van der Waals surface area contributed by atoms with Gasteiger partial charge in [0.05, 0.1) is 22.3 Å². The van der Waals surface area contributed by atoms with Crippen molar-refractivity contribution in [2.75, 3.05) is 5.32 Å². The largest absolute Gasteiger partial charge is 0.339 e. The van der Waals surface area contributed by atoms with E-state index in [4.69, 9.17) is 28.5 Å². The van der Waals surface area contributed by atoms with Gasteiger partial charge in [0, 0.05) is 12.0 Å². The zero-order chi connectivity index (χ0) is 14.7. The van der Waals surface area contributed by atoms with Gasteiger partial charge in [-0.05, 0) is 18.2 Å². The number of halogens is 2. The van der Waals surface area contributed by atoms with E-state index in [1.807, 2.05) is 13.8 Å². The summed E-state index contributed by atoms with van der Waals surface area (Å²) < 4.78 is 0. The van der Waals surface area contributed by atoms with E-state index in [2.05, 4.69) is 21.4 Å². The molecular weight excluding hydrogens is 295 g/mol. The van der Waals surface area contributed by atoms with E-state index >= 15 is 0 Å². The van der Waals surface area contributed by atoms with Crippen LogP contribution in [0.4, 0.5) is 11.5 Å². The minimum absolute atomic E-state index is 0.162. The molecule has 0 atom stereocenters. The van der Waals surface area contributed by atoms with Crippen LogP contribution in [-0.2, 0) is 0 Å². The summed E-state index contributed by atoms with van der Waals surface area (Å²) in [4.78, 5) is 8.54. The van der Waals surface area contributed by atoms with Crippen LogP contribution in [0, 0.1) is 11.3 Å². The lowest BCUT2D eigenvalue weighted by Crippen LogP contribution is -2.02. The Kier molecular flexibility index (Phi) is 4.43. The summed E-state index contributed by atoms with van der Waals surface area (Å²) in [6.07, 6.45) is 0. The smallest absolute Gasteiger partial charge is 0.135 e. The molecule has 20 heavy (non-hydrogen) atoms. The first-order valence-electron chi connectivity index (χ1n) is 6.00. The monoisotopic (exact) mass is 306 g/mol. The van der Waals surface area contributed by atoms with Crippen molar-refractivity contribution in [2.24, 2.45) is 0 Å². The van der Waals surface area contributed by atoms with Crippen LogP contribution in [0.3, 0.4) is 0 Å². The maximum atomic E-state index is 8.91. The number of rotatable bonds is 3. The quantitative estimate of drug-likeness (QED) is 0.847. The molecule has 0 bridgehead atoms. The van der Waals surface area contributed by atoms with Crippen LogP contribution in [-0.4, -0.2) is 9.97 Å². The second kappa shape index (κ2) is 6.08. The second-order valence-corrected chi connectivity index (χ2v) is 5.31. The molecule has 6 heteroatoms. The average molecular weight is 307 g/mol. The molecule has 0 aliphatic heterocycles. The number of anilines is 2. The first kappa shape index (κ1) is 14.6. The van der Waals surface area contributed by atoms with E-state index in [0.29, 0.717) is 33.1 Å². The Morgan fingerprint density at radius 2 is 1.95 bits per heavy atom. The van der Waals surface area contributed by atoms with Gasteiger partial charge in [0.15, 0.2) is 0 Å². The molecule has 1 N–H and O–H groups in total. The van der Waals surface area contributed by atoms with Gasteiger partial charge in [-0.25, -0.2) is 9.97 Å². The van der Waals surface area contributed by atoms with Crippen molar-refractivity contribution in [3.05, 3.63) is 45.8 Å². The van der Waals surface area contributed by atoms with E-state index in [1.165, 1.54) is 0 Å². The van der Waals surface area contributed by atoms with E-state index in [-0.39, 0.29) is 5.92 Å². The fourth-order valence-electron chi connectivity index (χ4n) is 1.59. The Morgan fingerprint density at radius 3 is 2.60 bits per heavy atom. The van der Waals surface area contributed by atoms with Crippen LogP contribution >= 0.6 is 23.2 Å². The molecule has 0 aliphatic carbocycles. The minimum atomic E-state index is 0.162. The molecule has 0 saturated carbocycles. The summed E-state index contributed by atoms with van der Waals surface area (Å²) in [7, 11) is 0. The van der Waals surface area contributed by atoms with Gasteiger partial charge >= 0.3 is 0 Å². The number of hydrogen-bond acceptors (Lipinski definition) is 4. The van der Waals surface area contributed by atoms with Gasteiger partial charge in [0.1, 0.15) is 16.8 Å². The lowest BCUT2D eigenvalue weighted by Gasteiger charge is -2.11. The van der Waals surface area contributed by atoms with Gasteiger partial charge in [-0.15, -0.1) is 0 Å². The van der Waals surface area contributed by atoms with Crippen molar-refractivity contribution < 1.29 is 0 Å². The SMILES string of the molecule is CC(C)c1nc(Cl)cc(Nc2cc(C#N)ccc2Cl)n1. The van der Waals surface area contributed by atoms with Gasteiger partial charge in [0.2, 0.25) is 0 Å². The molecule has 2 rings (SSSR count). The van der Waals surface area contributed by atoms with Crippen molar-refractivity contribution in [2.45, 2.75) is 19.8 Å². The molecule has 0 aliphatic rings. The van der Waals surface area contributed by atoms with E-state index in [9.17, 15) is 0 Å². The summed E-state index contributed by atoms with van der Waals surface area (Å²) >= 11 is 12.1. The third-order valence-electron chi connectivity index (χ3n) is 2.59. The first-order chi connectivity index (χ1) is 9.49. The standard InChI is InChI=1S/C14H12Cl2N4/c1-8(2)14-19-12(16)6-13(20-14)18-11-5-9(7-17)3-4-10(11)15/h3-6,8H,1-2H3,(H,18,19,20). The summed E-state index contributed by atoms with van der Waals surface area (Å²) in [6.45, 7) is 3.97. The zero-order valence-corrected chi connectivity index (χ0v) is 12.5. The minimum Gasteiger partial charge on any atom is -0.339 e. The average Bonchev–Trinajstić information content (AvgIpc) is 2.40. The van der Waals surface area contributed by atoms with Crippen molar-refractivity contribution in [3.63, 3.8) is 0 Å². The summed E-state index contributed by atoms with van der Waals surface area (Å²) in [5.74, 6) is 1.36. The highest BCUT2D eigenvalue weighted by Crippen LogP contribution is 2.27. The van der Waals surface area contributed by atoms with Crippen LogP contribution in [0.2, 0.25) is 10.2 Å². The van der Waals surface area contributed by atoms with Crippen molar-refractivity contribution in [3.8, 4) is 6.07 Å². The number of nitriles is 1. The predicted octanol–water partition coefficient (Wildman–Crippen LogP) is 4.52. The van der Waals surface area contributed by atoms with Crippen molar-refractivity contribution in [1.82, 2.24) is 9.97 Å². The van der Waals surface area contributed by atoms with Crippen LogP contribution in [0.15, 0.2) is 24.3 Å². The molecule has 0 saturated heterocycles. The Labute approximate surface area is 127 Å². The second-order valence-electron chi connectivity index (χ2n) is 4.52. The molecule has 0 radical (unpaired) electrons. The molecule has 0 fully saturated rings. The van der Waals surface area contributed by atoms with Gasteiger partial charge < -0.3 is 5.32 Å². The lowest BCUT2D eigenvalue weighted by molar-refractivity contribution is 0.776. The topological polar surface area (TPSA) is 61.6 Å². The number of benzene rings is 1. The molecule has 0 unspecified atom stereocenters. The molecule has 1 aromatic heterocycles. The highest BCUT2D eigenvalue weighted by Gasteiger charge is 2.09. The van der Waals surface area contributed by atoms with Crippen molar-refractivity contribution >= 4 is 34.7 Å². The third-order valence-corrected chi connectivity index (χ3v) is 3.11. The van der Waals surface area contributed by atoms with Gasteiger partial charge in [-0.1, -0.05) is 37.0 Å². The number of nitrogens with zero attached hydrogens (tertiary/aromatic N) is 3. The normalized spacial score (nSPS) is 10.4. The predicted molar refractivity (Wildman–Crippen MR) is 80.6 cm³/mol. The maximum Gasteiger partial charge on any atom is 0.135 e. The molecule has 2 aromatic rings. The molecule has 1 aromatic carbocycles. The number of nitrogens with one attached hydrogen (secondary N) is 1. The zero-order valence-electron chi connectivity index (χ0n) is 11.0. The molecule has 0 spiro atoms. The maximum absolute atomic E-state index is 8.91. The Balaban J connectivity index is 2.37. The Hall–Kier alpha value is -1.83. The number of aromatic nitrogens is 2. The summed E-state index contributed by atoms with van der Waals surface area (Å²) in [5.41, 5.74) is 1.12. The fraction of sp³-hybridized carbons (Fsp3) is 0.214. The third kappa shape index (κ3) is 3.38. The summed E-state index contributed by atoms with van der Waals surface area (Å²) in [6, 6.07) is 8.65. The molecule has 102 valence electrons. The van der Waals surface area contributed by atoms with Crippen molar-refractivity contribution in [1.29, 1.82) is 5.26 Å².